The number of hydrogen-bond acceptors (Lipinski definition) is 5. The Bertz CT molecular complexity index is 1080. The summed E-state index contributed by atoms with van der Waals surface area (Å²) in [4.78, 5) is 17.1. The van der Waals surface area contributed by atoms with Crippen LogP contribution >= 0.6 is 15.9 Å². The molecule has 1 aromatic heterocycles. The number of aromatic nitrogens is 2. The SMILES string of the molecule is CC1CN(C(=O)C=Cc2cc(Br)c3nonc3c2)C(C)CN1Cc1ccc(F)cc1. The summed E-state index contributed by atoms with van der Waals surface area (Å²) in [6.07, 6.45) is 3.38. The van der Waals surface area contributed by atoms with Crippen LogP contribution in [0.2, 0.25) is 0 Å². The molecule has 1 aliphatic heterocycles. The Morgan fingerprint density at radius 1 is 1.20 bits per heavy atom. The molecule has 30 heavy (non-hydrogen) atoms. The molecular weight excluding hydrogens is 451 g/mol. The highest BCUT2D eigenvalue weighted by Crippen LogP contribution is 2.24. The van der Waals surface area contributed by atoms with Gasteiger partial charge in [-0.15, -0.1) is 0 Å². The van der Waals surface area contributed by atoms with Crippen molar-refractivity contribution in [3.63, 3.8) is 0 Å². The molecule has 1 fully saturated rings. The zero-order valence-electron chi connectivity index (χ0n) is 16.8. The Balaban J connectivity index is 1.42. The molecule has 0 bridgehead atoms. The smallest absolute Gasteiger partial charge is 0.246 e. The van der Waals surface area contributed by atoms with Crippen molar-refractivity contribution in [2.45, 2.75) is 32.5 Å². The van der Waals surface area contributed by atoms with Gasteiger partial charge in [0.2, 0.25) is 5.91 Å². The van der Waals surface area contributed by atoms with E-state index >= 15 is 0 Å². The summed E-state index contributed by atoms with van der Waals surface area (Å²) < 4.78 is 18.7. The van der Waals surface area contributed by atoms with Crippen molar-refractivity contribution in [2.75, 3.05) is 13.1 Å². The van der Waals surface area contributed by atoms with E-state index in [9.17, 15) is 9.18 Å². The largest absolute Gasteiger partial charge is 0.334 e. The van der Waals surface area contributed by atoms with Gasteiger partial charge < -0.3 is 4.90 Å². The molecule has 0 radical (unpaired) electrons. The number of amides is 1. The van der Waals surface area contributed by atoms with Gasteiger partial charge in [-0.25, -0.2) is 9.02 Å². The first-order valence-corrected chi connectivity index (χ1v) is 10.6. The topological polar surface area (TPSA) is 62.5 Å². The monoisotopic (exact) mass is 472 g/mol. The molecule has 1 saturated heterocycles. The molecule has 8 heteroatoms. The summed E-state index contributed by atoms with van der Waals surface area (Å²) in [6, 6.07) is 10.6. The fraction of sp³-hybridized carbons (Fsp3) is 0.318. The number of benzene rings is 2. The van der Waals surface area contributed by atoms with Gasteiger partial charge >= 0.3 is 0 Å². The lowest BCUT2D eigenvalue weighted by atomic mass is 10.1. The second-order valence-electron chi connectivity index (χ2n) is 7.71. The lowest BCUT2D eigenvalue weighted by molar-refractivity contribution is -0.131. The van der Waals surface area contributed by atoms with Crippen molar-refractivity contribution in [2.24, 2.45) is 0 Å². The van der Waals surface area contributed by atoms with Gasteiger partial charge in [0.25, 0.3) is 0 Å². The predicted octanol–water partition coefficient (Wildman–Crippen LogP) is 4.26. The van der Waals surface area contributed by atoms with Crippen LogP contribution in [0.1, 0.15) is 25.0 Å². The van der Waals surface area contributed by atoms with E-state index in [4.69, 9.17) is 4.63 Å². The van der Waals surface area contributed by atoms with Crippen molar-refractivity contribution in [1.29, 1.82) is 0 Å². The van der Waals surface area contributed by atoms with Gasteiger partial charge in [0.1, 0.15) is 16.9 Å². The maximum absolute atomic E-state index is 13.1. The van der Waals surface area contributed by atoms with Crippen molar-refractivity contribution in [1.82, 2.24) is 20.1 Å². The van der Waals surface area contributed by atoms with E-state index in [-0.39, 0.29) is 23.8 Å². The Hall–Kier alpha value is -2.58. The Labute approximate surface area is 182 Å². The number of piperazine rings is 1. The summed E-state index contributed by atoms with van der Waals surface area (Å²) in [5.41, 5.74) is 3.19. The second-order valence-corrected chi connectivity index (χ2v) is 8.57. The number of carbonyl (C=O) groups excluding carboxylic acids is 1. The molecule has 1 aliphatic rings. The van der Waals surface area contributed by atoms with Gasteiger partial charge in [-0.1, -0.05) is 12.1 Å². The van der Waals surface area contributed by atoms with Crippen LogP contribution < -0.4 is 0 Å². The van der Waals surface area contributed by atoms with Gasteiger partial charge in [0.15, 0.2) is 0 Å². The molecular formula is C22H22BrFN4O2. The summed E-state index contributed by atoms with van der Waals surface area (Å²) in [7, 11) is 0. The van der Waals surface area contributed by atoms with E-state index in [1.165, 1.54) is 12.1 Å². The van der Waals surface area contributed by atoms with Crippen LogP contribution in [0.25, 0.3) is 17.1 Å². The minimum Gasteiger partial charge on any atom is -0.334 e. The zero-order chi connectivity index (χ0) is 21.3. The van der Waals surface area contributed by atoms with Crippen LogP contribution in [0.4, 0.5) is 4.39 Å². The summed E-state index contributed by atoms with van der Waals surface area (Å²) in [5, 5.41) is 7.69. The Morgan fingerprint density at radius 3 is 2.73 bits per heavy atom. The molecule has 2 atom stereocenters. The lowest BCUT2D eigenvalue weighted by Crippen LogP contribution is -2.57. The number of hydrogen-bond donors (Lipinski definition) is 0. The molecule has 1 amide bonds. The van der Waals surface area contributed by atoms with E-state index < -0.39 is 0 Å². The van der Waals surface area contributed by atoms with E-state index in [0.717, 1.165) is 28.7 Å². The molecule has 2 unspecified atom stereocenters. The minimum absolute atomic E-state index is 0.0229. The van der Waals surface area contributed by atoms with E-state index in [0.29, 0.717) is 17.6 Å². The van der Waals surface area contributed by atoms with Crippen LogP contribution in [-0.2, 0) is 11.3 Å². The quantitative estimate of drug-likeness (QED) is 0.530. The molecule has 3 aromatic rings. The fourth-order valence-electron chi connectivity index (χ4n) is 3.78. The fourth-order valence-corrected chi connectivity index (χ4v) is 4.32. The van der Waals surface area contributed by atoms with Gasteiger partial charge in [-0.2, -0.15) is 0 Å². The highest BCUT2D eigenvalue weighted by atomic mass is 79.9. The molecule has 2 heterocycles. The first kappa shape index (κ1) is 20.7. The molecule has 4 rings (SSSR count). The lowest BCUT2D eigenvalue weighted by Gasteiger charge is -2.44. The molecule has 0 saturated carbocycles. The third-order valence-electron chi connectivity index (χ3n) is 5.45. The van der Waals surface area contributed by atoms with Crippen molar-refractivity contribution >= 4 is 38.9 Å². The molecule has 6 nitrogen and oxygen atoms in total. The maximum Gasteiger partial charge on any atom is 0.246 e. The minimum atomic E-state index is -0.228. The van der Waals surface area contributed by atoms with Crippen LogP contribution in [0, 0.1) is 5.82 Å². The number of rotatable bonds is 4. The first-order chi connectivity index (χ1) is 14.4. The maximum atomic E-state index is 13.1. The highest BCUT2D eigenvalue weighted by molar-refractivity contribution is 9.10. The number of nitrogens with zero attached hydrogens (tertiary/aromatic N) is 4. The molecule has 0 aliphatic carbocycles. The van der Waals surface area contributed by atoms with E-state index in [1.54, 1.807) is 12.2 Å². The zero-order valence-corrected chi connectivity index (χ0v) is 18.3. The third-order valence-corrected chi connectivity index (χ3v) is 6.06. The van der Waals surface area contributed by atoms with Crippen molar-refractivity contribution in [3.05, 3.63) is 63.9 Å². The summed E-state index contributed by atoms with van der Waals surface area (Å²) in [6.45, 7) is 6.31. The molecule has 156 valence electrons. The van der Waals surface area contributed by atoms with Gasteiger partial charge in [-0.3, -0.25) is 9.69 Å². The normalized spacial score (nSPS) is 20.3. The van der Waals surface area contributed by atoms with Crippen LogP contribution in [0.3, 0.4) is 0 Å². The number of fused-ring (bicyclic) bond motifs is 1. The summed E-state index contributed by atoms with van der Waals surface area (Å²) >= 11 is 3.45. The molecule has 0 spiro atoms. The summed E-state index contributed by atoms with van der Waals surface area (Å²) in [5.74, 6) is -0.251. The van der Waals surface area contributed by atoms with E-state index in [2.05, 4.69) is 45.0 Å². The standard InChI is InChI=1S/C22H22BrFN4O2/c1-14-12-28(15(2)11-27(14)13-16-3-6-18(24)7-4-16)21(29)8-5-17-9-19(23)22-20(10-17)25-30-26-22/h3-10,14-15H,11-13H2,1-2H3. The number of halogens is 2. The average Bonchev–Trinajstić information content (AvgIpc) is 3.19. The van der Waals surface area contributed by atoms with Crippen LogP contribution in [0.15, 0.2) is 51.6 Å². The Kier molecular flexibility index (Phi) is 5.97. The average molecular weight is 473 g/mol. The predicted molar refractivity (Wildman–Crippen MR) is 116 cm³/mol. The van der Waals surface area contributed by atoms with Crippen LogP contribution in [0.5, 0.6) is 0 Å². The highest BCUT2D eigenvalue weighted by Gasteiger charge is 2.31. The van der Waals surface area contributed by atoms with Crippen molar-refractivity contribution in [3.8, 4) is 0 Å². The van der Waals surface area contributed by atoms with Gasteiger partial charge in [0.05, 0.1) is 0 Å². The molecule has 0 N–H and O–H groups in total. The Morgan fingerprint density at radius 2 is 1.97 bits per heavy atom. The first-order valence-electron chi connectivity index (χ1n) is 9.79. The number of carbonyl (C=O) groups is 1. The van der Waals surface area contributed by atoms with Crippen molar-refractivity contribution < 1.29 is 13.8 Å². The van der Waals surface area contributed by atoms with Gasteiger partial charge in [0, 0.05) is 42.3 Å². The third kappa shape index (κ3) is 4.44. The van der Waals surface area contributed by atoms with E-state index in [1.807, 2.05) is 29.2 Å². The van der Waals surface area contributed by atoms with Crippen LogP contribution in [-0.4, -0.2) is 51.2 Å². The second kappa shape index (κ2) is 8.65. The molecule has 2 aromatic carbocycles. The van der Waals surface area contributed by atoms with Gasteiger partial charge in [-0.05, 0) is 81.6 Å².